The van der Waals surface area contributed by atoms with Gasteiger partial charge < -0.3 is 5.32 Å². The van der Waals surface area contributed by atoms with Gasteiger partial charge in [0.05, 0.1) is 10.7 Å². The molecule has 0 aromatic carbocycles. The topological polar surface area (TPSA) is 42.0 Å². The van der Waals surface area contributed by atoms with E-state index in [9.17, 15) is 4.79 Å². The molecular formula is C13H22N2OS. The van der Waals surface area contributed by atoms with Crippen LogP contribution in [0.3, 0.4) is 0 Å². The number of carbonyl (C=O) groups excluding carboxylic acids is 1. The number of thiazole rings is 1. The molecule has 0 aliphatic rings. The highest BCUT2D eigenvalue weighted by atomic mass is 32.1. The van der Waals surface area contributed by atoms with E-state index in [1.54, 1.807) is 0 Å². The lowest BCUT2D eigenvalue weighted by molar-refractivity contribution is 0.0934. The molecule has 0 aliphatic heterocycles. The number of nitrogens with one attached hydrogen (secondary N) is 1. The highest BCUT2D eigenvalue weighted by molar-refractivity contribution is 7.13. The summed E-state index contributed by atoms with van der Waals surface area (Å²) in [5, 5.41) is 4.05. The smallest absolute Gasteiger partial charge is 0.263 e. The van der Waals surface area contributed by atoms with E-state index in [-0.39, 0.29) is 11.9 Å². The molecule has 1 aromatic rings. The summed E-state index contributed by atoms with van der Waals surface area (Å²) in [6.45, 7) is 12.3. The van der Waals surface area contributed by atoms with Crippen LogP contribution in [0.1, 0.15) is 60.9 Å². The number of hydrogen-bond donors (Lipinski definition) is 1. The lowest BCUT2D eigenvalue weighted by Crippen LogP contribution is -2.35. The highest BCUT2D eigenvalue weighted by Crippen LogP contribution is 2.24. The predicted molar refractivity (Wildman–Crippen MR) is 72.7 cm³/mol. The minimum absolute atomic E-state index is 0.00750. The molecule has 1 atom stereocenters. The van der Waals surface area contributed by atoms with Crippen LogP contribution in [0.25, 0.3) is 0 Å². The van der Waals surface area contributed by atoms with Gasteiger partial charge in [-0.2, -0.15) is 0 Å². The molecule has 1 heterocycles. The molecule has 1 amide bonds. The third kappa shape index (κ3) is 3.53. The van der Waals surface area contributed by atoms with E-state index in [4.69, 9.17) is 0 Å². The van der Waals surface area contributed by atoms with Crippen LogP contribution in [-0.2, 0) is 0 Å². The Morgan fingerprint density at radius 1 is 1.24 bits per heavy atom. The molecule has 96 valence electrons. The maximum Gasteiger partial charge on any atom is 0.263 e. The molecule has 0 fully saturated rings. The van der Waals surface area contributed by atoms with E-state index in [0.717, 1.165) is 15.6 Å². The fourth-order valence-electron chi connectivity index (χ4n) is 1.31. The van der Waals surface area contributed by atoms with Crippen LogP contribution in [0.4, 0.5) is 0 Å². The van der Waals surface area contributed by atoms with E-state index < -0.39 is 0 Å². The average Bonchev–Trinajstić information content (AvgIpc) is 2.60. The number of hydrogen-bond acceptors (Lipinski definition) is 3. The van der Waals surface area contributed by atoms with E-state index in [2.05, 4.69) is 38.0 Å². The quantitative estimate of drug-likeness (QED) is 0.895. The Morgan fingerprint density at radius 3 is 2.24 bits per heavy atom. The average molecular weight is 254 g/mol. The van der Waals surface area contributed by atoms with E-state index in [0.29, 0.717) is 11.8 Å². The Bertz CT molecular complexity index is 396. The highest BCUT2D eigenvalue weighted by Gasteiger charge is 2.19. The summed E-state index contributed by atoms with van der Waals surface area (Å²) in [7, 11) is 0. The van der Waals surface area contributed by atoms with Crippen LogP contribution in [0.2, 0.25) is 0 Å². The molecule has 0 saturated heterocycles. The van der Waals surface area contributed by atoms with Gasteiger partial charge in [-0.1, -0.05) is 27.7 Å². The minimum Gasteiger partial charge on any atom is -0.349 e. The zero-order valence-electron chi connectivity index (χ0n) is 11.5. The summed E-state index contributed by atoms with van der Waals surface area (Å²) in [5.74, 6) is 0.826. The number of carbonyl (C=O) groups is 1. The molecule has 0 aliphatic carbocycles. The first-order valence-electron chi connectivity index (χ1n) is 6.11. The first-order valence-corrected chi connectivity index (χ1v) is 6.92. The largest absolute Gasteiger partial charge is 0.349 e. The van der Waals surface area contributed by atoms with Crippen molar-refractivity contribution in [2.24, 2.45) is 5.92 Å². The summed E-state index contributed by atoms with van der Waals surface area (Å²) in [6.07, 6.45) is 0. The molecule has 3 nitrogen and oxygen atoms in total. The van der Waals surface area contributed by atoms with Crippen LogP contribution in [0.15, 0.2) is 0 Å². The van der Waals surface area contributed by atoms with Gasteiger partial charge in [0.2, 0.25) is 0 Å². The zero-order valence-corrected chi connectivity index (χ0v) is 12.3. The van der Waals surface area contributed by atoms with E-state index in [1.807, 2.05) is 13.8 Å². The van der Waals surface area contributed by atoms with Crippen molar-refractivity contribution in [3.8, 4) is 0 Å². The number of rotatable bonds is 4. The molecule has 0 radical (unpaired) electrons. The maximum absolute atomic E-state index is 12.1. The van der Waals surface area contributed by atoms with Gasteiger partial charge >= 0.3 is 0 Å². The monoisotopic (exact) mass is 254 g/mol. The lowest BCUT2D eigenvalue weighted by Gasteiger charge is -2.16. The summed E-state index contributed by atoms with van der Waals surface area (Å²) >= 11 is 1.51. The summed E-state index contributed by atoms with van der Waals surface area (Å²) < 4.78 is 0. The zero-order chi connectivity index (χ0) is 13.2. The SMILES string of the molecule is Cc1nc(C(C)C)sc1C(=O)NC(C)C(C)C. The van der Waals surface area contributed by atoms with Crippen LogP contribution >= 0.6 is 11.3 Å². The van der Waals surface area contributed by atoms with Gasteiger partial charge in [-0.25, -0.2) is 4.98 Å². The molecule has 1 N–H and O–H groups in total. The summed E-state index contributed by atoms with van der Waals surface area (Å²) in [4.78, 5) is 17.3. The van der Waals surface area contributed by atoms with Crippen molar-refractivity contribution >= 4 is 17.2 Å². The van der Waals surface area contributed by atoms with Crippen molar-refractivity contribution in [1.29, 1.82) is 0 Å². The number of amides is 1. The Kier molecular flexibility index (Phi) is 4.69. The molecule has 1 aromatic heterocycles. The first-order chi connectivity index (χ1) is 7.82. The van der Waals surface area contributed by atoms with Gasteiger partial charge in [0.15, 0.2) is 0 Å². The normalized spacial score (nSPS) is 13.2. The molecule has 4 heteroatoms. The van der Waals surface area contributed by atoms with Gasteiger partial charge in [0, 0.05) is 12.0 Å². The van der Waals surface area contributed by atoms with E-state index >= 15 is 0 Å². The first kappa shape index (κ1) is 14.2. The van der Waals surface area contributed by atoms with Crippen molar-refractivity contribution in [2.75, 3.05) is 0 Å². The molecule has 1 rings (SSSR count). The van der Waals surface area contributed by atoms with E-state index in [1.165, 1.54) is 11.3 Å². The van der Waals surface area contributed by atoms with Gasteiger partial charge in [-0.3, -0.25) is 4.79 Å². The van der Waals surface area contributed by atoms with Gasteiger partial charge in [0.25, 0.3) is 5.91 Å². The fourth-order valence-corrected chi connectivity index (χ4v) is 2.29. The van der Waals surface area contributed by atoms with Crippen LogP contribution < -0.4 is 5.32 Å². The minimum atomic E-state index is 0.00750. The van der Waals surface area contributed by atoms with Gasteiger partial charge in [-0.15, -0.1) is 11.3 Å². The Hall–Kier alpha value is -0.900. The van der Waals surface area contributed by atoms with Crippen molar-refractivity contribution in [2.45, 2.75) is 53.5 Å². The Morgan fingerprint density at radius 2 is 1.82 bits per heavy atom. The number of nitrogens with zero attached hydrogens (tertiary/aromatic N) is 1. The van der Waals surface area contributed by atoms with Gasteiger partial charge in [0.1, 0.15) is 4.88 Å². The van der Waals surface area contributed by atoms with Crippen molar-refractivity contribution in [1.82, 2.24) is 10.3 Å². The standard InChI is InChI=1S/C13H22N2OS/c1-7(2)9(5)14-12(16)11-10(6)15-13(17-11)8(3)4/h7-9H,1-6H3,(H,14,16). The molecule has 1 unspecified atom stereocenters. The van der Waals surface area contributed by atoms with Crippen molar-refractivity contribution in [3.05, 3.63) is 15.6 Å². The predicted octanol–water partition coefficient (Wildman–Crippen LogP) is 3.35. The molecule has 0 spiro atoms. The third-order valence-electron chi connectivity index (χ3n) is 2.87. The van der Waals surface area contributed by atoms with Crippen molar-refractivity contribution in [3.63, 3.8) is 0 Å². The fraction of sp³-hybridized carbons (Fsp3) is 0.692. The third-order valence-corrected chi connectivity index (χ3v) is 4.33. The van der Waals surface area contributed by atoms with Crippen molar-refractivity contribution < 1.29 is 4.79 Å². The van der Waals surface area contributed by atoms with Crippen LogP contribution in [0, 0.1) is 12.8 Å². The van der Waals surface area contributed by atoms with Gasteiger partial charge in [-0.05, 0) is 19.8 Å². The summed E-state index contributed by atoms with van der Waals surface area (Å²) in [5.41, 5.74) is 0.840. The lowest BCUT2D eigenvalue weighted by atomic mass is 10.1. The number of aryl methyl sites for hydroxylation is 1. The maximum atomic E-state index is 12.1. The Balaban J connectivity index is 2.82. The molecular weight excluding hydrogens is 232 g/mol. The molecule has 0 saturated carbocycles. The second-order valence-electron chi connectivity index (χ2n) is 5.13. The second-order valence-corrected chi connectivity index (χ2v) is 6.16. The summed E-state index contributed by atoms with van der Waals surface area (Å²) in [6, 6.07) is 0.187. The molecule has 17 heavy (non-hydrogen) atoms. The van der Waals surface area contributed by atoms with Crippen LogP contribution in [-0.4, -0.2) is 16.9 Å². The second kappa shape index (κ2) is 5.63. The van der Waals surface area contributed by atoms with Crippen LogP contribution in [0.5, 0.6) is 0 Å². The number of aromatic nitrogens is 1. The Labute approximate surface area is 108 Å². The molecule has 0 bridgehead atoms.